The number of carbonyl (C=O) groups is 1. The van der Waals surface area contributed by atoms with Crippen LogP contribution in [-0.2, 0) is 4.79 Å². The van der Waals surface area contributed by atoms with Crippen molar-refractivity contribution < 1.29 is 9.90 Å². The van der Waals surface area contributed by atoms with Gasteiger partial charge in [0.25, 0.3) is 0 Å². The van der Waals surface area contributed by atoms with Crippen LogP contribution in [0.1, 0.15) is 32.6 Å². The lowest BCUT2D eigenvalue weighted by atomic mass is 9.93. The second kappa shape index (κ2) is 4.82. The zero-order chi connectivity index (χ0) is 12.7. The molecule has 0 aromatic heterocycles. The van der Waals surface area contributed by atoms with Gasteiger partial charge >= 0.3 is 0 Å². The second-order valence-electron chi connectivity index (χ2n) is 6.31. The average Bonchev–Trinajstić information content (AvgIpc) is 3.04. The first-order chi connectivity index (χ1) is 8.66. The van der Waals surface area contributed by atoms with E-state index in [-0.39, 0.29) is 24.0 Å². The molecule has 1 aliphatic carbocycles. The van der Waals surface area contributed by atoms with Crippen molar-refractivity contribution in [3.05, 3.63) is 0 Å². The third-order valence-electron chi connectivity index (χ3n) is 5.23. The predicted molar refractivity (Wildman–Crippen MR) is 69.0 cm³/mol. The zero-order valence-electron chi connectivity index (χ0n) is 11.1. The molecule has 1 amide bonds. The quantitative estimate of drug-likeness (QED) is 0.757. The standard InChI is InChI=1S/C14H24N2O2/c1-9(17)11-5-6-16(8-11)14(18)13-12-4-2-3-10(12)7-15-13/h9-13,15,17H,2-8H2,1H3. The molecule has 2 heterocycles. The molecule has 4 heteroatoms. The molecule has 0 aromatic carbocycles. The lowest BCUT2D eigenvalue weighted by molar-refractivity contribution is -0.133. The maximum absolute atomic E-state index is 12.5. The molecule has 2 aliphatic heterocycles. The minimum absolute atomic E-state index is 0.0604. The SMILES string of the molecule is CC(O)C1CCN(C(=O)C2NCC3CCCC32)C1. The Bertz CT molecular complexity index is 332. The number of aliphatic hydroxyl groups is 1. The van der Waals surface area contributed by atoms with Crippen molar-refractivity contribution in [1.29, 1.82) is 0 Å². The first-order valence-electron chi connectivity index (χ1n) is 7.37. The molecule has 1 saturated carbocycles. The topological polar surface area (TPSA) is 52.6 Å². The number of hydrogen-bond acceptors (Lipinski definition) is 3. The summed E-state index contributed by atoms with van der Waals surface area (Å²) in [4.78, 5) is 14.5. The van der Waals surface area contributed by atoms with Crippen LogP contribution >= 0.6 is 0 Å². The Morgan fingerprint density at radius 1 is 1.39 bits per heavy atom. The highest BCUT2D eigenvalue weighted by molar-refractivity contribution is 5.83. The molecular formula is C14H24N2O2. The van der Waals surface area contributed by atoms with Crippen molar-refractivity contribution >= 4 is 5.91 Å². The molecule has 0 bridgehead atoms. The van der Waals surface area contributed by atoms with E-state index in [0.29, 0.717) is 5.92 Å². The molecule has 5 atom stereocenters. The van der Waals surface area contributed by atoms with Crippen molar-refractivity contribution in [2.45, 2.75) is 44.8 Å². The van der Waals surface area contributed by atoms with Gasteiger partial charge in [-0.15, -0.1) is 0 Å². The summed E-state index contributed by atoms with van der Waals surface area (Å²) in [5.74, 6) is 1.86. The van der Waals surface area contributed by atoms with Crippen LogP contribution in [0.4, 0.5) is 0 Å². The van der Waals surface area contributed by atoms with Gasteiger partial charge in [0, 0.05) is 19.0 Å². The number of fused-ring (bicyclic) bond motifs is 1. The van der Waals surface area contributed by atoms with Crippen LogP contribution in [0.15, 0.2) is 0 Å². The molecule has 5 unspecified atom stereocenters. The number of nitrogens with one attached hydrogen (secondary N) is 1. The predicted octanol–water partition coefficient (Wildman–Crippen LogP) is 0.604. The maximum atomic E-state index is 12.5. The van der Waals surface area contributed by atoms with E-state index in [0.717, 1.165) is 32.0 Å². The molecule has 0 spiro atoms. The Balaban J connectivity index is 1.62. The van der Waals surface area contributed by atoms with Gasteiger partial charge in [0.05, 0.1) is 12.1 Å². The fraction of sp³-hybridized carbons (Fsp3) is 0.929. The zero-order valence-corrected chi connectivity index (χ0v) is 11.1. The lowest BCUT2D eigenvalue weighted by Gasteiger charge is -2.24. The minimum Gasteiger partial charge on any atom is -0.393 e. The highest BCUT2D eigenvalue weighted by Gasteiger charge is 2.44. The van der Waals surface area contributed by atoms with Crippen molar-refractivity contribution in [2.24, 2.45) is 17.8 Å². The summed E-state index contributed by atoms with van der Waals surface area (Å²) in [5.41, 5.74) is 0. The molecule has 18 heavy (non-hydrogen) atoms. The lowest BCUT2D eigenvalue weighted by Crippen LogP contribution is -2.45. The van der Waals surface area contributed by atoms with E-state index in [1.54, 1.807) is 0 Å². The van der Waals surface area contributed by atoms with Gasteiger partial charge in [-0.2, -0.15) is 0 Å². The highest BCUT2D eigenvalue weighted by atomic mass is 16.3. The van der Waals surface area contributed by atoms with Gasteiger partial charge in [0.2, 0.25) is 5.91 Å². The van der Waals surface area contributed by atoms with E-state index < -0.39 is 0 Å². The van der Waals surface area contributed by atoms with Crippen molar-refractivity contribution in [1.82, 2.24) is 10.2 Å². The number of hydrogen-bond donors (Lipinski definition) is 2. The van der Waals surface area contributed by atoms with Crippen molar-refractivity contribution in [3.8, 4) is 0 Å². The Labute approximate surface area is 109 Å². The Kier molecular flexibility index (Phi) is 3.32. The smallest absolute Gasteiger partial charge is 0.240 e. The Hall–Kier alpha value is -0.610. The normalized spacial score (nSPS) is 41.1. The van der Waals surface area contributed by atoms with E-state index in [1.807, 2.05) is 11.8 Å². The molecule has 3 rings (SSSR count). The summed E-state index contributed by atoms with van der Waals surface area (Å²) in [5, 5.41) is 13.0. The van der Waals surface area contributed by atoms with Crippen molar-refractivity contribution in [2.75, 3.05) is 19.6 Å². The van der Waals surface area contributed by atoms with E-state index in [2.05, 4.69) is 5.32 Å². The third-order valence-corrected chi connectivity index (χ3v) is 5.23. The minimum atomic E-state index is -0.293. The van der Waals surface area contributed by atoms with Gasteiger partial charge in [-0.3, -0.25) is 4.79 Å². The van der Waals surface area contributed by atoms with E-state index >= 15 is 0 Å². The number of likely N-dealkylation sites (tertiary alicyclic amines) is 1. The molecule has 0 aromatic rings. The Morgan fingerprint density at radius 2 is 2.22 bits per heavy atom. The largest absolute Gasteiger partial charge is 0.393 e. The number of amides is 1. The molecule has 0 radical (unpaired) electrons. The molecule has 4 nitrogen and oxygen atoms in total. The number of nitrogens with zero attached hydrogens (tertiary/aromatic N) is 1. The molecule has 102 valence electrons. The van der Waals surface area contributed by atoms with Crippen LogP contribution in [0.5, 0.6) is 0 Å². The van der Waals surface area contributed by atoms with Crippen molar-refractivity contribution in [3.63, 3.8) is 0 Å². The van der Waals surface area contributed by atoms with E-state index in [1.165, 1.54) is 19.3 Å². The number of aliphatic hydroxyl groups excluding tert-OH is 1. The fourth-order valence-electron chi connectivity index (χ4n) is 4.04. The van der Waals surface area contributed by atoms with Gasteiger partial charge in [-0.1, -0.05) is 6.42 Å². The monoisotopic (exact) mass is 252 g/mol. The summed E-state index contributed by atoms with van der Waals surface area (Å²) in [7, 11) is 0. The molecular weight excluding hydrogens is 228 g/mol. The summed E-state index contributed by atoms with van der Waals surface area (Å²) in [6.45, 7) is 4.42. The van der Waals surface area contributed by atoms with Crippen LogP contribution in [0.2, 0.25) is 0 Å². The summed E-state index contributed by atoms with van der Waals surface area (Å²) in [6.07, 6.45) is 4.44. The van der Waals surface area contributed by atoms with Crippen LogP contribution in [-0.4, -0.2) is 47.7 Å². The molecule has 3 aliphatic rings. The Morgan fingerprint density at radius 3 is 2.94 bits per heavy atom. The maximum Gasteiger partial charge on any atom is 0.240 e. The van der Waals surface area contributed by atoms with Gasteiger partial charge in [0.15, 0.2) is 0 Å². The van der Waals surface area contributed by atoms with Gasteiger partial charge in [0.1, 0.15) is 0 Å². The molecule has 3 fully saturated rings. The second-order valence-corrected chi connectivity index (χ2v) is 6.31. The van der Waals surface area contributed by atoms with Gasteiger partial charge in [-0.25, -0.2) is 0 Å². The van der Waals surface area contributed by atoms with Crippen LogP contribution in [0.3, 0.4) is 0 Å². The van der Waals surface area contributed by atoms with Gasteiger partial charge < -0.3 is 15.3 Å². The summed E-state index contributed by atoms with van der Waals surface area (Å²) < 4.78 is 0. The summed E-state index contributed by atoms with van der Waals surface area (Å²) >= 11 is 0. The first-order valence-corrected chi connectivity index (χ1v) is 7.37. The highest BCUT2D eigenvalue weighted by Crippen LogP contribution is 2.38. The number of rotatable bonds is 2. The first kappa shape index (κ1) is 12.4. The van der Waals surface area contributed by atoms with E-state index in [9.17, 15) is 9.90 Å². The van der Waals surface area contributed by atoms with E-state index in [4.69, 9.17) is 0 Å². The third kappa shape index (κ3) is 2.05. The molecule has 2 N–H and O–H groups in total. The van der Waals surface area contributed by atoms with Crippen LogP contribution in [0, 0.1) is 17.8 Å². The fourth-order valence-corrected chi connectivity index (χ4v) is 4.04. The molecule has 2 saturated heterocycles. The average molecular weight is 252 g/mol. The van der Waals surface area contributed by atoms with Gasteiger partial charge in [-0.05, 0) is 44.6 Å². The van der Waals surface area contributed by atoms with Crippen LogP contribution < -0.4 is 5.32 Å². The summed E-state index contributed by atoms with van der Waals surface area (Å²) in [6, 6.07) is 0.0604. The number of carbonyl (C=O) groups excluding carboxylic acids is 1. The van der Waals surface area contributed by atoms with Crippen LogP contribution in [0.25, 0.3) is 0 Å².